The van der Waals surface area contributed by atoms with E-state index in [4.69, 9.17) is 0 Å². The molecule has 0 saturated carbocycles. The van der Waals surface area contributed by atoms with E-state index in [-0.39, 0.29) is 29.5 Å². The fourth-order valence-corrected chi connectivity index (χ4v) is 6.08. The SMILES string of the molecule is CCN(c1cc(C(=O)N2c3ccccc3CC2C)ccn1)C1CCS(=O)(=O)C1. The third kappa shape index (κ3) is 3.39. The Labute approximate surface area is 166 Å². The van der Waals surface area contributed by atoms with Crippen molar-refractivity contribution in [2.75, 3.05) is 27.9 Å². The summed E-state index contributed by atoms with van der Waals surface area (Å²) in [6, 6.07) is 11.6. The van der Waals surface area contributed by atoms with Crippen molar-refractivity contribution in [1.29, 1.82) is 0 Å². The fourth-order valence-electron chi connectivity index (χ4n) is 4.35. The van der Waals surface area contributed by atoms with Crippen molar-refractivity contribution < 1.29 is 13.2 Å². The number of carbonyl (C=O) groups is 1. The average molecular weight is 400 g/mol. The summed E-state index contributed by atoms with van der Waals surface area (Å²) < 4.78 is 23.8. The molecule has 0 aliphatic carbocycles. The molecule has 1 aromatic carbocycles. The number of hydrogen-bond donors (Lipinski definition) is 0. The van der Waals surface area contributed by atoms with Gasteiger partial charge >= 0.3 is 0 Å². The van der Waals surface area contributed by atoms with Crippen molar-refractivity contribution in [1.82, 2.24) is 4.98 Å². The van der Waals surface area contributed by atoms with Crippen LogP contribution in [0.3, 0.4) is 0 Å². The molecule has 1 saturated heterocycles. The fraction of sp³-hybridized carbons (Fsp3) is 0.429. The van der Waals surface area contributed by atoms with E-state index in [1.165, 1.54) is 5.56 Å². The van der Waals surface area contributed by atoms with Crippen LogP contribution in [0, 0.1) is 0 Å². The van der Waals surface area contributed by atoms with E-state index in [2.05, 4.69) is 18.0 Å². The van der Waals surface area contributed by atoms with Gasteiger partial charge in [-0.25, -0.2) is 13.4 Å². The van der Waals surface area contributed by atoms with Gasteiger partial charge in [-0.2, -0.15) is 0 Å². The number of anilines is 2. The van der Waals surface area contributed by atoms with E-state index < -0.39 is 9.84 Å². The Bertz CT molecular complexity index is 1010. The van der Waals surface area contributed by atoms with Crippen LogP contribution >= 0.6 is 0 Å². The lowest BCUT2D eigenvalue weighted by atomic mass is 10.1. The molecule has 0 N–H and O–H groups in total. The molecule has 1 fully saturated rings. The second kappa shape index (κ2) is 7.20. The van der Waals surface area contributed by atoms with E-state index in [9.17, 15) is 13.2 Å². The second-order valence-electron chi connectivity index (χ2n) is 7.60. The highest BCUT2D eigenvalue weighted by Gasteiger charge is 2.34. The molecular weight excluding hydrogens is 374 g/mol. The largest absolute Gasteiger partial charge is 0.353 e. The Morgan fingerprint density at radius 2 is 2.07 bits per heavy atom. The van der Waals surface area contributed by atoms with E-state index in [1.54, 1.807) is 18.3 Å². The zero-order valence-corrected chi connectivity index (χ0v) is 17.0. The van der Waals surface area contributed by atoms with Crippen LogP contribution in [0.25, 0.3) is 0 Å². The maximum absolute atomic E-state index is 13.3. The number of benzene rings is 1. The minimum Gasteiger partial charge on any atom is -0.353 e. The number of nitrogens with zero attached hydrogens (tertiary/aromatic N) is 3. The number of aromatic nitrogens is 1. The summed E-state index contributed by atoms with van der Waals surface area (Å²) in [6.45, 7) is 4.69. The number of hydrogen-bond acceptors (Lipinski definition) is 5. The van der Waals surface area contributed by atoms with E-state index >= 15 is 0 Å². The first-order valence-corrected chi connectivity index (χ1v) is 11.6. The van der Waals surface area contributed by atoms with Gasteiger partial charge in [0.15, 0.2) is 9.84 Å². The van der Waals surface area contributed by atoms with Crippen LogP contribution in [0.1, 0.15) is 36.2 Å². The number of carbonyl (C=O) groups excluding carboxylic acids is 1. The molecule has 2 aromatic rings. The summed E-state index contributed by atoms with van der Waals surface area (Å²) in [6.07, 6.45) is 3.09. The highest BCUT2D eigenvalue weighted by Crippen LogP contribution is 2.33. The molecule has 6 nitrogen and oxygen atoms in total. The molecule has 28 heavy (non-hydrogen) atoms. The van der Waals surface area contributed by atoms with Crippen molar-refractivity contribution in [2.45, 2.75) is 38.8 Å². The molecule has 0 radical (unpaired) electrons. The Kier molecular flexibility index (Phi) is 4.87. The maximum Gasteiger partial charge on any atom is 0.258 e. The average Bonchev–Trinajstić information content (AvgIpc) is 3.20. The Balaban J connectivity index is 1.63. The number of amides is 1. The van der Waals surface area contributed by atoms with Gasteiger partial charge in [0.05, 0.1) is 11.5 Å². The molecule has 1 aromatic heterocycles. The van der Waals surface area contributed by atoms with Crippen molar-refractivity contribution in [2.24, 2.45) is 0 Å². The standard InChI is InChI=1S/C21H25N3O3S/c1-3-23(18-9-11-28(26,27)14-18)20-13-17(8-10-22-20)21(25)24-15(2)12-16-6-4-5-7-19(16)24/h4-8,10,13,15,18H,3,9,11-12,14H2,1-2H3. The zero-order chi connectivity index (χ0) is 19.9. The van der Waals surface area contributed by atoms with Crippen LogP contribution in [-0.2, 0) is 16.3 Å². The topological polar surface area (TPSA) is 70.6 Å². The predicted octanol–water partition coefficient (Wildman–Crippen LogP) is 2.69. The number of rotatable bonds is 4. The van der Waals surface area contributed by atoms with Crippen molar-refractivity contribution in [3.63, 3.8) is 0 Å². The Hall–Kier alpha value is -2.41. The van der Waals surface area contributed by atoms with Crippen molar-refractivity contribution in [3.8, 4) is 0 Å². The molecule has 4 rings (SSSR count). The molecule has 0 bridgehead atoms. The zero-order valence-electron chi connectivity index (χ0n) is 16.2. The van der Waals surface area contributed by atoms with Crippen molar-refractivity contribution >= 4 is 27.2 Å². The van der Waals surface area contributed by atoms with Crippen LogP contribution in [0.4, 0.5) is 11.5 Å². The number of para-hydroxylation sites is 1. The van der Waals surface area contributed by atoms with Gasteiger partial charge in [-0.3, -0.25) is 4.79 Å². The van der Waals surface area contributed by atoms with Crippen LogP contribution < -0.4 is 9.80 Å². The lowest BCUT2D eigenvalue weighted by Gasteiger charge is -2.29. The van der Waals surface area contributed by atoms with Crippen molar-refractivity contribution in [3.05, 3.63) is 53.7 Å². The minimum atomic E-state index is -2.98. The Morgan fingerprint density at radius 3 is 2.79 bits per heavy atom. The normalized spacial score (nSPS) is 22.9. The molecule has 7 heteroatoms. The molecule has 2 atom stereocenters. The predicted molar refractivity (Wildman–Crippen MR) is 111 cm³/mol. The molecule has 2 aliphatic heterocycles. The summed E-state index contributed by atoms with van der Waals surface area (Å²) in [5.74, 6) is 0.985. The smallest absolute Gasteiger partial charge is 0.258 e. The first kappa shape index (κ1) is 18.9. The highest BCUT2D eigenvalue weighted by molar-refractivity contribution is 7.91. The summed E-state index contributed by atoms with van der Waals surface area (Å²) in [5, 5.41) is 0. The van der Waals surface area contributed by atoms with Gasteiger partial charge in [0, 0.05) is 36.1 Å². The lowest BCUT2D eigenvalue weighted by Crippen LogP contribution is -2.38. The number of sulfone groups is 1. The molecular formula is C21H25N3O3S. The number of pyridine rings is 1. The Morgan fingerprint density at radius 1 is 1.29 bits per heavy atom. The minimum absolute atomic E-state index is 0.0452. The van der Waals surface area contributed by atoms with Gasteiger partial charge in [-0.15, -0.1) is 0 Å². The van der Waals surface area contributed by atoms with Gasteiger partial charge in [-0.1, -0.05) is 18.2 Å². The van der Waals surface area contributed by atoms with E-state index in [0.29, 0.717) is 24.3 Å². The summed E-state index contributed by atoms with van der Waals surface area (Å²) in [7, 11) is -2.98. The molecule has 2 aliphatic rings. The first-order valence-electron chi connectivity index (χ1n) is 9.74. The lowest BCUT2D eigenvalue weighted by molar-refractivity contribution is 0.0981. The van der Waals surface area contributed by atoms with Gasteiger partial charge in [0.1, 0.15) is 5.82 Å². The van der Waals surface area contributed by atoms with Crippen LogP contribution in [0.15, 0.2) is 42.6 Å². The summed E-state index contributed by atoms with van der Waals surface area (Å²) >= 11 is 0. The molecule has 148 valence electrons. The highest BCUT2D eigenvalue weighted by atomic mass is 32.2. The van der Waals surface area contributed by atoms with Gasteiger partial charge in [0.25, 0.3) is 5.91 Å². The van der Waals surface area contributed by atoms with Crippen LogP contribution in [-0.4, -0.2) is 49.4 Å². The van der Waals surface area contributed by atoms with E-state index in [0.717, 1.165) is 12.1 Å². The maximum atomic E-state index is 13.3. The molecule has 3 heterocycles. The quantitative estimate of drug-likeness (QED) is 0.791. The van der Waals surface area contributed by atoms with E-state index in [1.807, 2.05) is 34.9 Å². The third-order valence-corrected chi connectivity index (χ3v) is 7.45. The van der Waals surface area contributed by atoms with Crippen LogP contribution in [0.2, 0.25) is 0 Å². The second-order valence-corrected chi connectivity index (χ2v) is 9.83. The van der Waals surface area contributed by atoms with Gasteiger partial charge in [0.2, 0.25) is 0 Å². The van der Waals surface area contributed by atoms with Gasteiger partial charge < -0.3 is 9.80 Å². The monoisotopic (exact) mass is 399 g/mol. The summed E-state index contributed by atoms with van der Waals surface area (Å²) in [5.41, 5.74) is 2.73. The molecule has 0 spiro atoms. The molecule has 2 unspecified atom stereocenters. The van der Waals surface area contributed by atoms with Crippen LogP contribution in [0.5, 0.6) is 0 Å². The first-order chi connectivity index (χ1) is 13.4. The number of fused-ring (bicyclic) bond motifs is 1. The summed E-state index contributed by atoms with van der Waals surface area (Å²) in [4.78, 5) is 21.6. The molecule has 1 amide bonds. The third-order valence-electron chi connectivity index (χ3n) is 5.70. The van der Waals surface area contributed by atoms with Gasteiger partial charge in [-0.05, 0) is 50.5 Å².